The highest BCUT2D eigenvalue weighted by atomic mass is 16.7. The molecule has 4 spiro atoms. The quantitative estimate of drug-likeness (QED) is 0.0898. The number of carbonyl (C=O) groups excluding carboxylic acids is 3. The minimum absolute atomic E-state index is 0.0489. The van der Waals surface area contributed by atoms with Crippen LogP contribution in [0.3, 0.4) is 0 Å². The van der Waals surface area contributed by atoms with Crippen molar-refractivity contribution in [3.8, 4) is 0 Å². The maximum absolute atomic E-state index is 17.3. The molecule has 8 saturated carbocycles. The predicted molar refractivity (Wildman–Crippen MR) is 305 cm³/mol. The first kappa shape index (κ1) is 53.4. The number of benzene rings is 1. The van der Waals surface area contributed by atoms with Crippen LogP contribution in [-0.2, 0) is 46.2 Å². The van der Waals surface area contributed by atoms with E-state index in [1.807, 2.05) is 6.07 Å². The molecule has 15 aliphatic rings. The lowest BCUT2D eigenvalue weighted by Gasteiger charge is -2.72. The highest BCUT2D eigenvalue weighted by molar-refractivity contribution is 5.94. The average molecular weight is 1140 g/mol. The third kappa shape index (κ3) is 6.59. The molecule has 25 atom stereocenters. The van der Waals surface area contributed by atoms with Crippen molar-refractivity contribution in [3.05, 3.63) is 83.5 Å². The fourth-order valence-electron chi connectivity index (χ4n) is 25.8. The van der Waals surface area contributed by atoms with Gasteiger partial charge in [0.25, 0.3) is 0 Å². The van der Waals surface area contributed by atoms with Gasteiger partial charge in [-0.05, 0) is 178 Å². The van der Waals surface area contributed by atoms with Gasteiger partial charge in [-0.15, -0.1) is 0 Å². The first-order valence-corrected chi connectivity index (χ1v) is 33.4. The van der Waals surface area contributed by atoms with Gasteiger partial charge in [0.05, 0.1) is 48.5 Å². The third-order valence-corrected chi connectivity index (χ3v) is 28.4. The second kappa shape index (κ2) is 18.4. The molecule has 8 heterocycles. The predicted octanol–water partition coefficient (Wildman–Crippen LogP) is 9.61. The van der Waals surface area contributed by atoms with Gasteiger partial charge in [-0.1, -0.05) is 101 Å². The molecule has 17 rings (SSSR count). The Hall–Kier alpha value is -3.85. The van der Waals surface area contributed by atoms with Crippen LogP contribution in [-0.4, -0.2) is 106 Å². The van der Waals surface area contributed by atoms with Gasteiger partial charge < -0.3 is 43.6 Å². The molecule has 1 aromatic carbocycles. The van der Waals surface area contributed by atoms with Gasteiger partial charge in [0.15, 0.2) is 11.9 Å². The number of fused-ring (bicyclic) bond motifs is 5. The molecule has 7 aliphatic heterocycles. The number of hydrogen-bond acceptors (Lipinski definition) is 13. The fraction of sp³-hybridized carbons (Fsp3) is 0.757. The van der Waals surface area contributed by atoms with E-state index in [1.165, 1.54) is 36.8 Å². The van der Waals surface area contributed by atoms with Crippen LogP contribution in [0.5, 0.6) is 0 Å². The van der Waals surface area contributed by atoms with E-state index in [2.05, 4.69) is 79.7 Å². The Balaban J connectivity index is 0.840. The zero-order chi connectivity index (χ0) is 56.4. The Bertz CT molecular complexity index is 3040. The molecular formula is C70H90N2O11. The molecule has 2 aromatic rings. The number of aliphatic hydroxyl groups excluding tert-OH is 3. The van der Waals surface area contributed by atoms with E-state index in [1.54, 1.807) is 6.26 Å². The Morgan fingerprint density at radius 2 is 1.71 bits per heavy atom. The van der Waals surface area contributed by atoms with Crippen LogP contribution in [0.2, 0.25) is 0 Å². The lowest BCUT2D eigenvalue weighted by molar-refractivity contribution is -0.300. The summed E-state index contributed by atoms with van der Waals surface area (Å²) in [5.74, 6) is -0.217. The van der Waals surface area contributed by atoms with Crippen LogP contribution in [0.4, 0.5) is 0 Å². The van der Waals surface area contributed by atoms with Crippen LogP contribution in [0.25, 0.3) is 0 Å². The van der Waals surface area contributed by atoms with Gasteiger partial charge in [-0.25, -0.2) is 4.79 Å². The summed E-state index contributed by atoms with van der Waals surface area (Å²) in [6.07, 6.45) is 22.9. The first-order valence-electron chi connectivity index (χ1n) is 33.4. The number of nitrogens with zero attached hydrogens (tertiary/aromatic N) is 1. The normalized spacial score (nSPS) is 50.4. The molecule has 8 aliphatic carbocycles. The van der Waals surface area contributed by atoms with E-state index < -0.39 is 86.6 Å². The largest absolute Gasteiger partial charge is 0.469 e. The van der Waals surface area contributed by atoms with Gasteiger partial charge >= 0.3 is 11.9 Å². The van der Waals surface area contributed by atoms with E-state index in [4.69, 9.17) is 23.4 Å². The summed E-state index contributed by atoms with van der Waals surface area (Å²) in [5, 5.41) is 41.0. The molecule has 5 saturated heterocycles. The zero-order valence-corrected chi connectivity index (χ0v) is 49.3. The van der Waals surface area contributed by atoms with Crippen molar-refractivity contribution in [3.63, 3.8) is 0 Å². The summed E-state index contributed by atoms with van der Waals surface area (Å²) in [5.41, 5.74) is -4.02. The van der Waals surface area contributed by atoms with Crippen LogP contribution in [0, 0.1) is 105 Å². The minimum Gasteiger partial charge on any atom is -0.469 e. The number of cyclic esters (lactones) is 2. The maximum atomic E-state index is 17.3. The average Bonchev–Trinajstić information content (AvgIpc) is 1.47. The molecule has 446 valence electrons. The van der Waals surface area contributed by atoms with E-state index in [-0.39, 0.29) is 66.4 Å². The number of ether oxygens (including phenoxy) is 4. The molecule has 0 amide bonds. The molecule has 83 heavy (non-hydrogen) atoms. The lowest BCUT2D eigenvalue weighted by atomic mass is 9.29. The lowest BCUT2D eigenvalue weighted by Crippen LogP contribution is -2.82. The first-order chi connectivity index (χ1) is 40.2. The summed E-state index contributed by atoms with van der Waals surface area (Å²) in [7, 11) is 0. The van der Waals surface area contributed by atoms with Crippen molar-refractivity contribution in [2.24, 2.45) is 105 Å². The number of rotatable bonds is 12. The molecule has 4 N–H and O–H groups in total. The number of carbonyl (C=O) groups is 3. The Morgan fingerprint density at radius 3 is 2.54 bits per heavy atom. The minimum atomic E-state index is -1.50. The Kier molecular flexibility index (Phi) is 11.8. The van der Waals surface area contributed by atoms with Crippen molar-refractivity contribution >= 4 is 17.7 Å². The fourth-order valence-corrected chi connectivity index (χ4v) is 25.8. The van der Waals surface area contributed by atoms with Crippen LogP contribution >= 0.6 is 0 Å². The molecule has 13 fully saturated rings. The topological polar surface area (TPSA) is 181 Å². The zero-order valence-electron chi connectivity index (χ0n) is 49.3. The second-order valence-electron chi connectivity index (χ2n) is 31.2. The highest BCUT2D eigenvalue weighted by Gasteiger charge is 2.98. The van der Waals surface area contributed by atoms with Crippen molar-refractivity contribution in [1.82, 2.24) is 10.2 Å². The summed E-state index contributed by atoms with van der Waals surface area (Å²) in [4.78, 5) is 51.0. The van der Waals surface area contributed by atoms with Crippen molar-refractivity contribution < 1.29 is 53.1 Å². The van der Waals surface area contributed by atoms with Crippen molar-refractivity contribution in [2.45, 2.75) is 196 Å². The van der Waals surface area contributed by atoms with E-state index in [9.17, 15) is 15.3 Å². The molecule has 13 heteroatoms. The molecule has 5 bridgehead atoms. The Morgan fingerprint density at radius 1 is 0.880 bits per heavy atom. The summed E-state index contributed by atoms with van der Waals surface area (Å²) < 4.78 is 36.5. The third-order valence-electron chi connectivity index (χ3n) is 28.4. The van der Waals surface area contributed by atoms with Crippen LogP contribution in [0.15, 0.2) is 71.0 Å². The molecular weight excluding hydrogens is 1040 g/mol. The van der Waals surface area contributed by atoms with Gasteiger partial charge in [0.1, 0.15) is 35.8 Å². The molecule has 0 radical (unpaired) electrons. The number of esters is 2. The smallest absolute Gasteiger partial charge is 0.339 e. The standard InChI is InChI=1S/C70H90N2O11/c1-38(41-14-7-8-15-41)25-47-30-48-29-45-17-10-22-66(45)33-44-32-64(2)60(50-21-24-79-54(50)31-51(53(74)35-73)42-18-19-49-43(28-42)20-23-72-37-71-34-52(49)72)81-63(78)61-70(64,82-61)68(46-16-9-13-40(27-46)26-39-11-5-4-6-12-39)56(44)67-36-80-62(77)58(66)69(48,67)83-65(47,3)57(67)55(75)59(68)76/h4-6,11-12,20-21,23-24,30,38,40-47,49,51-53,56-61,71,73-74,76H,7-10,13-19,22,25-29,31-37H2,1-3H3/t38-,40-,42+,43+,44-,45+,46-,47+,49-,51-,52+,53+,56+,57+,58-,59+,60-,61+,64-,65-,66-,67+,68-,69-,70+/m0/s1. The number of aliphatic hydroxyl groups is 3. The second-order valence-corrected chi connectivity index (χ2v) is 31.2. The maximum Gasteiger partial charge on any atom is 0.339 e. The van der Waals surface area contributed by atoms with Gasteiger partial charge in [0.2, 0.25) is 0 Å². The monoisotopic (exact) mass is 1130 g/mol. The molecule has 13 nitrogen and oxygen atoms in total. The summed E-state index contributed by atoms with van der Waals surface area (Å²) >= 11 is 0. The van der Waals surface area contributed by atoms with Gasteiger partial charge in [-0.3, -0.25) is 14.9 Å². The Labute approximate surface area is 489 Å². The number of epoxide rings is 1. The number of ketones is 1. The molecule has 1 aromatic heterocycles. The van der Waals surface area contributed by atoms with Gasteiger partial charge in [0, 0.05) is 41.3 Å². The van der Waals surface area contributed by atoms with Gasteiger partial charge in [-0.2, -0.15) is 0 Å². The molecule has 0 unspecified atom stereocenters. The van der Waals surface area contributed by atoms with E-state index in [0.717, 1.165) is 109 Å². The number of allylic oxidation sites excluding steroid dienone is 1. The summed E-state index contributed by atoms with van der Waals surface area (Å²) in [6, 6.07) is 13.2. The van der Waals surface area contributed by atoms with Crippen molar-refractivity contribution in [2.75, 3.05) is 26.4 Å². The van der Waals surface area contributed by atoms with Crippen LogP contribution < -0.4 is 5.32 Å². The highest BCUT2D eigenvalue weighted by Crippen LogP contribution is 2.90. The number of nitrogens with one attached hydrogen (secondary N) is 1. The van der Waals surface area contributed by atoms with Crippen molar-refractivity contribution in [1.29, 1.82) is 0 Å². The van der Waals surface area contributed by atoms with Crippen LogP contribution in [0.1, 0.15) is 159 Å². The number of furan rings is 1. The number of Topliss-reactive ketones (excluding diaryl/α,β-unsaturated/α-hetero) is 1. The summed E-state index contributed by atoms with van der Waals surface area (Å²) in [6.45, 7) is 8.42. The van der Waals surface area contributed by atoms with E-state index in [0.29, 0.717) is 48.3 Å². The van der Waals surface area contributed by atoms with E-state index >= 15 is 14.4 Å². The SMILES string of the molecule is C[C@@H](C[C@@H]1C=C2C[C@H]3CCC[C@]34C[C@@H]3C[C@@]5(C)[C@H](c6ccoc6C[C@@H]([C@@H]6CC[C@H]7[C@H](C=CN8CNC[C@H]78)C6)[C@H](O)CO)OC(=O)[C@H]6O[C@]65[C@]5([C@H]6CCC[C@@H](Cc7ccccc7)C6)[C@H](O)C(=O)[C@@H]6[C@@]1(C)O[C@]21[C@H]4C(=O)OC[C@@]61[C@@H]35)C1CCCC1. The number of hydrogen-bond donors (Lipinski definition) is 4.